The Bertz CT molecular complexity index is 3750. The molecule has 0 aliphatic heterocycles. The molecule has 3 heterocycles. The highest BCUT2D eigenvalue weighted by molar-refractivity contribution is 7.20. The topological polar surface area (TPSA) is 51.1 Å². The second-order valence-electron chi connectivity index (χ2n) is 15.8. The van der Waals surface area contributed by atoms with Gasteiger partial charge in [-0.05, 0) is 64.1 Å². The van der Waals surface area contributed by atoms with Gasteiger partial charge in [0.2, 0.25) is 5.69 Å². The molecule has 0 fully saturated rings. The molecule has 0 amide bonds. The molecule has 0 bridgehead atoms. The molecular formula is C56H34N4OSi. The van der Waals surface area contributed by atoms with Crippen molar-refractivity contribution in [3.05, 3.63) is 223 Å². The predicted molar refractivity (Wildman–Crippen MR) is 257 cm³/mol. The summed E-state index contributed by atoms with van der Waals surface area (Å²) >= 11 is 0. The third-order valence-electron chi connectivity index (χ3n) is 12.7. The highest BCUT2D eigenvalue weighted by atomic mass is 28.3. The van der Waals surface area contributed by atoms with Gasteiger partial charge in [-0.25, -0.2) is 4.85 Å². The Morgan fingerprint density at radius 1 is 0.419 bits per heavy atom. The van der Waals surface area contributed by atoms with Crippen LogP contribution in [0.5, 0.6) is 0 Å². The lowest BCUT2D eigenvalue weighted by atomic mass is 10.1. The molecule has 0 saturated carbocycles. The molecule has 0 radical (unpaired) electrons. The van der Waals surface area contributed by atoms with E-state index in [2.05, 4.69) is 208 Å². The van der Waals surface area contributed by atoms with E-state index in [1.807, 2.05) is 18.2 Å². The Labute approximate surface area is 358 Å². The number of rotatable bonds is 6. The molecule has 0 aliphatic carbocycles. The minimum Gasteiger partial charge on any atom is -0.456 e. The van der Waals surface area contributed by atoms with Crippen molar-refractivity contribution in [3.63, 3.8) is 0 Å². The SMILES string of the molecule is [C-]#[N+]c1cc([Si](c2ccccc2)(c2ccccc2)c2ccc(-n3c4ccccc4c4ccccc43)c(C#N)c2)ccc1-n1c2ccccc2c2cc3c(cc21)oc1ccccc13. The van der Waals surface area contributed by atoms with E-state index in [1.54, 1.807) is 0 Å². The fourth-order valence-electron chi connectivity index (χ4n) is 10.1. The second-order valence-corrected chi connectivity index (χ2v) is 19.6. The van der Waals surface area contributed by atoms with E-state index in [0.29, 0.717) is 11.3 Å². The molecule has 0 unspecified atom stereocenters. The highest BCUT2D eigenvalue weighted by Crippen LogP contribution is 2.40. The molecule has 0 spiro atoms. The summed E-state index contributed by atoms with van der Waals surface area (Å²) in [5.74, 6) is 0. The van der Waals surface area contributed by atoms with Crippen molar-refractivity contribution in [3.8, 4) is 17.4 Å². The monoisotopic (exact) mass is 806 g/mol. The lowest BCUT2D eigenvalue weighted by molar-refractivity contribution is 0.669. The quantitative estimate of drug-likeness (QED) is 0.0955. The van der Waals surface area contributed by atoms with Crippen molar-refractivity contribution in [1.29, 1.82) is 5.26 Å². The van der Waals surface area contributed by atoms with Crippen LogP contribution in [-0.4, -0.2) is 17.2 Å². The molecule has 0 saturated heterocycles. The van der Waals surface area contributed by atoms with Crippen LogP contribution in [0, 0.1) is 17.9 Å². The number of nitrogens with zero attached hydrogens (tertiary/aromatic N) is 4. The van der Waals surface area contributed by atoms with E-state index in [-0.39, 0.29) is 0 Å². The van der Waals surface area contributed by atoms with Crippen LogP contribution in [0.4, 0.5) is 5.69 Å². The lowest BCUT2D eigenvalue weighted by Crippen LogP contribution is -2.74. The van der Waals surface area contributed by atoms with Gasteiger partial charge in [0.1, 0.15) is 17.2 Å². The summed E-state index contributed by atoms with van der Waals surface area (Å²) in [6.07, 6.45) is 0. The second kappa shape index (κ2) is 13.8. The summed E-state index contributed by atoms with van der Waals surface area (Å²) in [4.78, 5) is 4.30. The summed E-state index contributed by atoms with van der Waals surface area (Å²) in [7, 11) is -3.21. The van der Waals surface area contributed by atoms with E-state index < -0.39 is 8.07 Å². The molecule has 62 heavy (non-hydrogen) atoms. The number of para-hydroxylation sites is 4. The fraction of sp³-hybridized carbons (Fsp3) is 0. The zero-order valence-corrected chi connectivity index (χ0v) is 34.3. The molecule has 6 heteroatoms. The highest BCUT2D eigenvalue weighted by Gasteiger charge is 2.42. The smallest absolute Gasteiger partial charge is 0.210 e. The molecule has 288 valence electrons. The number of aromatic nitrogens is 2. The van der Waals surface area contributed by atoms with E-state index >= 15 is 0 Å². The summed E-state index contributed by atoms with van der Waals surface area (Å²) in [5, 5.41) is 22.2. The molecule has 3 aromatic heterocycles. The largest absolute Gasteiger partial charge is 0.456 e. The molecule has 12 aromatic rings. The number of nitriles is 1. The van der Waals surface area contributed by atoms with Crippen molar-refractivity contribution in [2.75, 3.05) is 0 Å². The lowest BCUT2D eigenvalue weighted by Gasteiger charge is -2.35. The number of furan rings is 1. The van der Waals surface area contributed by atoms with Crippen molar-refractivity contribution < 1.29 is 4.42 Å². The zero-order valence-electron chi connectivity index (χ0n) is 33.3. The maximum absolute atomic E-state index is 11.1. The van der Waals surface area contributed by atoms with Gasteiger partial charge in [-0.2, -0.15) is 5.26 Å². The van der Waals surface area contributed by atoms with Gasteiger partial charge < -0.3 is 13.6 Å². The average Bonchev–Trinajstić information content (AvgIpc) is 3.99. The summed E-state index contributed by atoms with van der Waals surface area (Å²) < 4.78 is 10.9. The van der Waals surface area contributed by atoms with Crippen molar-refractivity contribution in [2.45, 2.75) is 0 Å². The van der Waals surface area contributed by atoms with Crippen LogP contribution in [0.25, 0.3) is 81.8 Å². The third kappa shape index (κ3) is 5.05. The first-order valence-electron chi connectivity index (χ1n) is 20.7. The standard InChI is InChI=1S/C56H34N4OSi/c1-58-48-33-41(29-31-53(48)60-52-26-14-10-22-44(52)46-34-47-45-23-11-15-27-55(45)61-56(47)35-54(46)60)62(38-16-4-2-5-17-38,39-18-6-3-7-19-39)40-28-30-49(37(32-40)36-57)59-50-24-12-8-20-42(50)43-21-9-13-25-51(43)59/h2-35H. The van der Waals surface area contributed by atoms with Crippen LogP contribution >= 0.6 is 0 Å². The van der Waals surface area contributed by atoms with Crippen molar-refractivity contribution in [1.82, 2.24) is 9.13 Å². The fourth-order valence-corrected chi connectivity index (χ4v) is 14.9. The van der Waals surface area contributed by atoms with E-state index in [1.165, 1.54) is 0 Å². The summed E-state index contributed by atoms with van der Waals surface area (Å²) in [5.41, 5.74) is 8.52. The molecule has 0 N–H and O–H groups in total. The third-order valence-corrected chi connectivity index (χ3v) is 17.5. The van der Waals surface area contributed by atoms with E-state index in [9.17, 15) is 5.26 Å². The number of fused-ring (bicyclic) bond motifs is 9. The Morgan fingerprint density at radius 3 is 1.52 bits per heavy atom. The zero-order chi connectivity index (χ0) is 41.4. The van der Waals surface area contributed by atoms with Gasteiger partial charge in [0.05, 0.1) is 45.6 Å². The van der Waals surface area contributed by atoms with Gasteiger partial charge in [0.15, 0.2) is 8.07 Å². The Hall–Kier alpha value is -8.42. The van der Waals surface area contributed by atoms with Gasteiger partial charge in [-0.3, -0.25) is 0 Å². The normalized spacial score (nSPS) is 11.8. The Kier molecular flexibility index (Phi) is 7.92. The van der Waals surface area contributed by atoms with Gasteiger partial charge in [-0.15, -0.1) is 0 Å². The van der Waals surface area contributed by atoms with Gasteiger partial charge in [0, 0.05) is 38.4 Å². The van der Waals surface area contributed by atoms with Crippen LogP contribution in [0.2, 0.25) is 0 Å². The summed E-state index contributed by atoms with van der Waals surface area (Å²) in [6, 6.07) is 74.6. The maximum Gasteiger partial charge on any atom is 0.210 e. The number of benzene rings is 9. The van der Waals surface area contributed by atoms with Crippen molar-refractivity contribution in [2.24, 2.45) is 0 Å². The number of hydrogen-bond donors (Lipinski definition) is 0. The average molecular weight is 807 g/mol. The first-order valence-corrected chi connectivity index (χ1v) is 22.7. The van der Waals surface area contributed by atoms with Crippen LogP contribution < -0.4 is 20.7 Å². The van der Waals surface area contributed by atoms with Gasteiger partial charge in [-0.1, -0.05) is 157 Å². The van der Waals surface area contributed by atoms with Crippen LogP contribution in [0.15, 0.2) is 211 Å². The Morgan fingerprint density at radius 2 is 0.919 bits per heavy atom. The van der Waals surface area contributed by atoms with Crippen molar-refractivity contribution >= 4 is 100 Å². The first kappa shape index (κ1) is 35.5. The molecule has 9 aromatic carbocycles. The van der Waals surface area contributed by atoms with Crippen LogP contribution in [-0.2, 0) is 0 Å². The number of hydrogen-bond acceptors (Lipinski definition) is 2. The molecule has 12 rings (SSSR count). The van der Waals surface area contributed by atoms with Crippen LogP contribution in [0.1, 0.15) is 5.56 Å². The van der Waals surface area contributed by atoms with E-state index in [4.69, 9.17) is 11.0 Å². The minimum absolute atomic E-state index is 0.543. The van der Waals surface area contributed by atoms with E-state index in [0.717, 1.165) is 97.7 Å². The predicted octanol–water partition coefficient (Wildman–Crippen LogP) is 11.6. The molecule has 0 atom stereocenters. The van der Waals surface area contributed by atoms with Gasteiger partial charge in [0.25, 0.3) is 0 Å². The first-order chi connectivity index (χ1) is 30.7. The molecule has 0 aliphatic rings. The van der Waals surface area contributed by atoms with Gasteiger partial charge >= 0.3 is 0 Å². The minimum atomic E-state index is -3.21. The maximum atomic E-state index is 11.1. The van der Waals surface area contributed by atoms with Crippen LogP contribution in [0.3, 0.4) is 0 Å². The summed E-state index contributed by atoms with van der Waals surface area (Å²) in [6.45, 7) is 8.79. The molecule has 5 nitrogen and oxygen atoms in total. The molecular weight excluding hydrogens is 773 g/mol. The Balaban J connectivity index is 1.12.